The summed E-state index contributed by atoms with van der Waals surface area (Å²) in [5.41, 5.74) is 2.71. The highest BCUT2D eigenvalue weighted by Gasteiger charge is 2.28. The van der Waals surface area contributed by atoms with E-state index in [1.165, 1.54) is 0 Å². The fraction of sp³-hybridized carbons (Fsp3) is 0.500. The number of piperidine rings is 1. The smallest absolute Gasteiger partial charge is 0.338 e. The van der Waals surface area contributed by atoms with Crippen molar-refractivity contribution in [2.45, 2.75) is 40.0 Å². The molecule has 1 saturated heterocycles. The van der Waals surface area contributed by atoms with E-state index in [0.717, 1.165) is 37.9 Å². The molecule has 0 unspecified atom stereocenters. The number of hydrogen-bond acceptors (Lipinski definition) is 3. The zero-order chi connectivity index (χ0) is 15.7. The molecular weight excluding hydrogens is 270 g/mol. The summed E-state index contributed by atoms with van der Waals surface area (Å²) in [7, 11) is 0. The maximum atomic E-state index is 11.7. The average molecular weight is 291 g/mol. The van der Waals surface area contributed by atoms with Gasteiger partial charge in [0.15, 0.2) is 0 Å². The van der Waals surface area contributed by atoms with Crippen LogP contribution in [0.4, 0.5) is 5.69 Å². The van der Waals surface area contributed by atoms with Crippen molar-refractivity contribution in [2.75, 3.05) is 18.0 Å². The van der Waals surface area contributed by atoms with Crippen LogP contribution in [0.25, 0.3) is 0 Å². The number of carboxylic acid groups (broad SMARTS) is 2. The minimum absolute atomic E-state index is 0.116. The van der Waals surface area contributed by atoms with Gasteiger partial charge in [-0.2, -0.15) is 0 Å². The normalized spacial score (nSPS) is 15.1. The van der Waals surface area contributed by atoms with Crippen LogP contribution < -0.4 is 4.90 Å². The Labute approximate surface area is 124 Å². The molecule has 1 fully saturated rings. The van der Waals surface area contributed by atoms with Crippen molar-refractivity contribution >= 4 is 17.6 Å². The van der Waals surface area contributed by atoms with E-state index in [0.29, 0.717) is 16.8 Å². The maximum absolute atomic E-state index is 11.7. The second-order valence-electron chi connectivity index (χ2n) is 5.63. The fourth-order valence-electron chi connectivity index (χ4n) is 3.23. The van der Waals surface area contributed by atoms with E-state index in [1.54, 1.807) is 13.8 Å². The Balaban J connectivity index is 2.74. The van der Waals surface area contributed by atoms with Crippen LogP contribution in [0.1, 0.15) is 56.7 Å². The number of hydrogen-bond donors (Lipinski definition) is 2. The Morgan fingerprint density at radius 1 is 0.810 bits per heavy atom. The highest BCUT2D eigenvalue weighted by Crippen LogP contribution is 2.35. The Hall–Kier alpha value is -2.04. The topological polar surface area (TPSA) is 77.8 Å². The molecule has 114 valence electrons. The van der Waals surface area contributed by atoms with E-state index in [2.05, 4.69) is 4.90 Å². The van der Waals surface area contributed by atoms with Gasteiger partial charge in [0.1, 0.15) is 0 Å². The first-order chi connectivity index (χ1) is 9.86. The summed E-state index contributed by atoms with van der Waals surface area (Å²) in [5, 5.41) is 19.0. The monoisotopic (exact) mass is 291 g/mol. The van der Waals surface area contributed by atoms with Gasteiger partial charge in [0.05, 0.1) is 16.8 Å². The first-order valence-corrected chi connectivity index (χ1v) is 7.21. The van der Waals surface area contributed by atoms with E-state index < -0.39 is 11.9 Å². The van der Waals surface area contributed by atoms with Gasteiger partial charge in [0, 0.05) is 13.1 Å². The minimum atomic E-state index is -1.07. The zero-order valence-electron chi connectivity index (χ0n) is 12.7. The van der Waals surface area contributed by atoms with E-state index in [9.17, 15) is 19.8 Å². The van der Waals surface area contributed by atoms with Crippen LogP contribution in [0.5, 0.6) is 0 Å². The molecule has 5 heteroatoms. The standard InChI is InChI=1S/C16H21NO4/c1-9-10(2)14(17-7-5-4-6-8-17)13(16(20)21)11(3)12(9)15(18)19/h4-8H2,1-3H3,(H,18,19)(H,20,21). The second kappa shape index (κ2) is 5.76. The van der Waals surface area contributed by atoms with Crippen LogP contribution in [0.3, 0.4) is 0 Å². The summed E-state index contributed by atoms with van der Waals surface area (Å²) in [6, 6.07) is 0. The third-order valence-electron chi connectivity index (χ3n) is 4.38. The Morgan fingerprint density at radius 2 is 1.33 bits per heavy atom. The van der Waals surface area contributed by atoms with Gasteiger partial charge < -0.3 is 15.1 Å². The van der Waals surface area contributed by atoms with E-state index >= 15 is 0 Å². The molecule has 0 saturated carbocycles. The number of anilines is 1. The molecule has 1 aliphatic rings. The lowest BCUT2D eigenvalue weighted by atomic mass is 9.90. The minimum Gasteiger partial charge on any atom is -0.478 e. The third kappa shape index (κ3) is 2.60. The molecule has 1 aliphatic heterocycles. The van der Waals surface area contributed by atoms with E-state index in [1.807, 2.05) is 6.92 Å². The van der Waals surface area contributed by atoms with E-state index in [-0.39, 0.29) is 11.1 Å². The van der Waals surface area contributed by atoms with Gasteiger partial charge in [-0.15, -0.1) is 0 Å². The van der Waals surface area contributed by atoms with Gasteiger partial charge in [-0.05, 0) is 56.7 Å². The van der Waals surface area contributed by atoms with Crippen LogP contribution in [0.15, 0.2) is 0 Å². The predicted molar refractivity (Wildman–Crippen MR) is 80.6 cm³/mol. The number of aromatic carboxylic acids is 2. The van der Waals surface area contributed by atoms with Gasteiger partial charge in [0.2, 0.25) is 0 Å². The van der Waals surface area contributed by atoms with Crippen LogP contribution in [0.2, 0.25) is 0 Å². The quantitative estimate of drug-likeness (QED) is 0.895. The summed E-state index contributed by atoms with van der Waals surface area (Å²) in [5.74, 6) is -2.13. The SMILES string of the molecule is Cc1c(C)c(N2CCCCC2)c(C(=O)O)c(C)c1C(=O)O. The van der Waals surface area contributed by atoms with Crippen molar-refractivity contribution in [3.8, 4) is 0 Å². The van der Waals surface area contributed by atoms with Crippen molar-refractivity contribution in [3.05, 3.63) is 27.8 Å². The van der Waals surface area contributed by atoms with Gasteiger partial charge >= 0.3 is 11.9 Å². The van der Waals surface area contributed by atoms with E-state index in [4.69, 9.17) is 0 Å². The molecule has 0 spiro atoms. The molecule has 5 nitrogen and oxygen atoms in total. The Morgan fingerprint density at radius 3 is 1.81 bits per heavy atom. The summed E-state index contributed by atoms with van der Waals surface area (Å²) >= 11 is 0. The average Bonchev–Trinajstić information content (AvgIpc) is 2.42. The first-order valence-electron chi connectivity index (χ1n) is 7.21. The lowest BCUT2D eigenvalue weighted by molar-refractivity contribution is 0.0695. The van der Waals surface area contributed by atoms with Gasteiger partial charge in [-0.25, -0.2) is 9.59 Å². The number of carboxylic acids is 2. The Bertz CT molecular complexity index is 601. The number of rotatable bonds is 3. The molecule has 0 atom stereocenters. The molecule has 1 heterocycles. The zero-order valence-corrected chi connectivity index (χ0v) is 12.7. The molecular formula is C16H21NO4. The molecule has 21 heavy (non-hydrogen) atoms. The highest BCUT2D eigenvalue weighted by atomic mass is 16.4. The molecule has 1 aromatic rings. The summed E-state index contributed by atoms with van der Waals surface area (Å²) < 4.78 is 0. The Kier molecular flexibility index (Phi) is 4.21. The van der Waals surface area contributed by atoms with Gasteiger partial charge in [-0.1, -0.05) is 0 Å². The molecule has 2 rings (SSSR count). The number of benzene rings is 1. The van der Waals surface area contributed by atoms with Gasteiger partial charge in [-0.3, -0.25) is 0 Å². The molecule has 2 N–H and O–H groups in total. The van der Waals surface area contributed by atoms with Crippen LogP contribution in [-0.2, 0) is 0 Å². The van der Waals surface area contributed by atoms with Crippen LogP contribution in [-0.4, -0.2) is 35.2 Å². The highest BCUT2D eigenvalue weighted by molar-refractivity contribution is 6.03. The van der Waals surface area contributed by atoms with Gasteiger partial charge in [0.25, 0.3) is 0 Å². The summed E-state index contributed by atoms with van der Waals surface area (Å²) in [6.07, 6.45) is 3.23. The number of carbonyl (C=O) groups is 2. The first kappa shape index (κ1) is 15.4. The van der Waals surface area contributed by atoms with Crippen molar-refractivity contribution in [1.82, 2.24) is 0 Å². The van der Waals surface area contributed by atoms with Crippen molar-refractivity contribution in [1.29, 1.82) is 0 Å². The second-order valence-corrected chi connectivity index (χ2v) is 5.63. The largest absolute Gasteiger partial charge is 0.478 e. The lowest BCUT2D eigenvalue weighted by Gasteiger charge is -2.33. The maximum Gasteiger partial charge on any atom is 0.338 e. The van der Waals surface area contributed by atoms with Crippen LogP contribution in [0, 0.1) is 20.8 Å². The lowest BCUT2D eigenvalue weighted by Crippen LogP contribution is -2.32. The predicted octanol–water partition coefficient (Wildman–Crippen LogP) is 3.00. The third-order valence-corrected chi connectivity index (χ3v) is 4.38. The molecule has 0 bridgehead atoms. The molecule has 0 radical (unpaired) electrons. The molecule has 0 amide bonds. The number of nitrogens with zero attached hydrogens (tertiary/aromatic N) is 1. The summed E-state index contributed by atoms with van der Waals surface area (Å²) in [6.45, 7) is 6.81. The molecule has 1 aromatic carbocycles. The van der Waals surface area contributed by atoms with Crippen LogP contribution >= 0.6 is 0 Å². The molecule has 0 aromatic heterocycles. The fourth-order valence-corrected chi connectivity index (χ4v) is 3.23. The molecule has 0 aliphatic carbocycles. The van der Waals surface area contributed by atoms with Crippen molar-refractivity contribution < 1.29 is 19.8 Å². The van der Waals surface area contributed by atoms with Crippen molar-refractivity contribution in [2.24, 2.45) is 0 Å². The van der Waals surface area contributed by atoms with Crippen molar-refractivity contribution in [3.63, 3.8) is 0 Å². The summed E-state index contributed by atoms with van der Waals surface area (Å²) in [4.78, 5) is 25.2.